The van der Waals surface area contributed by atoms with Crippen molar-refractivity contribution in [2.24, 2.45) is 11.3 Å². The van der Waals surface area contributed by atoms with Crippen LogP contribution in [0.1, 0.15) is 27.2 Å². The van der Waals surface area contributed by atoms with Crippen LogP contribution in [0.4, 0.5) is 11.5 Å². The fourth-order valence-electron chi connectivity index (χ4n) is 2.97. The third-order valence-electron chi connectivity index (χ3n) is 4.42. The Labute approximate surface area is 136 Å². The molecular weight excluding hydrogens is 304 g/mol. The molecule has 0 bridgehead atoms. The van der Waals surface area contributed by atoms with E-state index in [-0.39, 0.29) is 11.9 Å². The molecule has 1 unspecified atom stereocenters. The van der Waals surface area contributed by atoms with Crippen molar-refractivity contribution in [2.45, 2.75) is 27.2 Å². The van der Waals surface area contributed by atoms with Crippen molar-refractivity contribution < 1.29 is 9.53 Å². The van der Waals surface area contributed by atoms with Crippen molar-refractivity contribution in [3.63, 3.8) is 0 Å². The van der Waals surface area contributed by atoms with Gasteiger partial charge in [-0.25, -0.2) is 9.97 Å². The number of anilines is 2. The van der Waals surface area contributed by atoms with Gasteiger partial charge in [0.1, 0.15) is 12.0 Å². The van der Waals surface area contributed by atoms with Gasteiger partial charge in [0, 0.05) is 20.1 Å². The Morgan fingerprint density at radius 3 is 2.86 bits per heavy atom. The first kappa shape index (κ1) is 16.8. The normalized spacial score (nSPS) is 21.3. The highest BCUT2D eigenvalue weighted by Gasteiger charge is 2.49. The van der Waals surface area contributed by atoms with E-state index in [9.17, 15) is 4.79 Å². The lowest BCUT2D eigenvalue weighted by molar-refractivity contribution is -0.156. The van der Waals surface area contributed by atoms with Crippen LogP contribution in [0, 0.1) is 11.3 Å². The second kappa shape index (κ2) is 6.69. The fraction of sp³-hybridized carbons (Fsp3) is 0.667. The molecule has 0 radical (unpaired) electrons. The summed E-state index contributed by atoms with van der Waals surface area (Å²) < 4.78 is 5.31. The average molecular weight is 327 g/mol. The summed E-state index contributed by atoms with van der Waals surface area (Å²) in [5, 5.41) is 3.42. The van der Waals surface area contributed by atoms with E-state index in [4.69, 9.17) is 16.3 Å². The molecule has 2 rings (SSSR count). The van der Waals surface area contributed by atoms with Crippen LogP contribution in [-0.4, -0.2) is 42.7 Å². The van der Waals surface area contributed by atoms with Crippen LogP contribution in [-0.2, 0) is 9.53 Å². The number of esters is 1. The van der Waals surface area contributed by atoms with E-state index in [2.05, 4.69) is 34.0 Å². The minimum absolute atomic E-state index is 0.126. The van der Waals surface area contributed by atoms with Gasteiger partial charge in [-0.2, -0.15) is 0 Å². The molecule has 1 aliphatic rings. The Hall–Kier alpha value is -1.56. The molecule has 2 heterocycles. The molecule has 1 aromatic heterocycles. The van der Waals surface area contributed by atoms with Crippen molar-refractivity contribution in [3.05, 3.63) is 11.5 Å². The van der Waals surface area contributed by atoms with Crippen molar-refractivity contribution in [1.82, 2.24) is 9.97 Å². The summed E-state index contributed by atoms with van der Waals surface area (Å²) in [5.74, 6) is 0.792. The number of nitrogens with zero attached hydrogens (tertiary/aromatic N) is 3. The number of nitrogens with one attached hydrogen (secondary N) is 1. The monoisotopic (exact) mass is 326 g/mol. The maximum Gasteiger partial charge on any atom is 0.314 e. The van der Waals surface area contributed by atoms with E-state index in [1.807, 2.05) is 6.92 Å². The molecule has 1 aliphatic heterocycles. The minimum atomic E-state index is -0.502. The number of carbonyl (C=O) groups is 1. The third-order valence-corrected chi connectivity index (χ3v) is 4.71. The van der Waals surface area contributed by atoms with Gasteiger partial charge >= 0.3 is 5.97 Å². The fourth-order valence-corrected chi connectivity index (χ4v) is 3.20. The van der Waals surface area contributed by atoms with Gasteiger partial charge in [-0.05, 0) is 19.3 Å². The van der Waals surface area contributed by atoms with Gasteiger partial charge in [0.05, 0.1) is 12.0 Å². The Morgan fingerprint density at radius 1 is 1.55 bits per heavy atom. The SMILES string of the molecule is CCOC(=O)C1(C(C)C)CCN(c2ncnc(Cl)c2NC)C1. The highest BCUT2D eigenvalue weighted by molar-refractivity contribution is 6.32. The number of rotatable bonds is 5. The maximum absolute atomic E-state index is 12.5. The summed E-state index contributed by atoms with van der Waals surface area (Å²) in [6, 6.07) is 0. The molecule has 122 valence electrons. The topological polar surface area (TPSA) is 67.3 Å². The second-order valence-electron chi connectivity index (χ2n) is 5.82. The van der Waals surface area contributed by atoms with Crippen LogP contribution >= 0.6 is 11.6 Å². The maximum atomic E-state index is 12.5. The molecule has 7 heteroatoms. The molecule has 1 aromatic rings. The Bertz CT molecular complexity index is 552. The van der Waals surface area contributed by atoms with E-state index >= 15 is 0 Å². The van der Waals surface area contributed by atoms with Crippen molar-refractivity contribution in [1.29, 1.82) is 0 Å². The highest BCUT2D eigenvalue weighted by atomic mass is 35.5. The first-order valence-electron chi connectivity index (χ1n) is 7.56. The summed E-state index contributed by atoms with van der Waals surface area (Å²) >= 11 is 6.12. The molecule has 1 fully saturated rings. The zero-order chi connectivity index (χ0) is 16.3. The van der Waals surface area contributed by atoms with Gasteiger partial charge in [0.2, 0.25) is 0 Å². The molecule has 1 N–H and O–H groups in total. The van der Waals surface area contributed by atoms with Crippen LogP contribution in [0.2, 0.25) is 5.15 Å². The van der Waals surface area contributed by atoms with Crippen LogP contribution in [0.25, 0.3) is 0 Å². The summed E-state index contributed by atoms with van der Waals surface area (Å²) in [7, 11) is 1.78. The van der Waals surface area contributed by atoms with Crippen LogP contribution < -0.4 is 10.2 Å². The minimum Gasteiger partial charge on any atom is -0.466 e. The van der Waals surface area contributed by atoms with Gasteiger partial charge in [-0.1, -0.05) is 25.4 Å². The van der Waals surface area contributed by atoms with Crippen LogP contribution in [0.3, 0.4) is 0 Å². The Morgan fingerprint density at radius 2 is 2.27 bits per heavy atom. The summed E-state index contributed by atoms with van der Waals surface area (Å²) in [6.45, 7) is 7.67. The number of hydrogen-bond acceptors (Lipinski definition) is 6. The van der Waals surface area contributed by atoms with E-state index in [0.29, 0.717) is 24.0 Å². The van der Waals surface area contributed by atoms with Crippen LogP contribution in [0.5, 0.6) is 0 Å². The Balaban J connectivity index is 2.31. The van der Waals surface area contributed by atoms with Gasteiger partial charge in [0.25, 0.3) is 0 Å². The smallest absolute Gasteiger partial charge is 0.314 e. The number of carbonyl (C=O) groups excluding carboxylic acids is 1. The molecule has 22 heavy (non-hydrogen) atoms. The predicted molar refractivity (Wildman–Crippen MR) is 87.3 cm³/mol. The first-order valence-corrected chi connectivity index (χ1v) is 7.94. The average Bonchev–Trinajstić information content (AvgIpc) is 2.93. The Kier molecular flexibility index (Phi) is 5.11. The molecule has 6 nitrogen and oxygen atoms in total. The summed E-state index contributed by atoms with van der Waals surface area (Å²) in [4.78, 5) is 22.9. The highest BCUT2D eigenvalue weighted by Crippen LogP contribution is 2.42. The molecule has 1 saturated heterocycles. The van der Waals surface area contributed by atoms with Gasteiger partial charge in [0.15, 0.2) is 11.0 Å². The number of hydrogen-bond donors (Lipinski definition) is 1. The number of halogens is 1. The lowest BCUT2D eigenvalue weighted by atomic mass is 9.76. The molecule has 0 spiro atoms. The molecule has 0 amide bonds. The predicted octanol–water partition coefficient (Wildman–Crippen LogP) is 2.59. The first-order chi connectivity index (χ1) is 10.5. The van der Waals surface area contributed by atoms with Gasteiger partial charge in [-0.3, -0.25) is 4.79 Å². The van der Waals surface area contributed by atoms with Crippen molar-refractivity contribution >= 4 is 29.1 Å². The zero-order valence-electron chi connectivity index (χ0n) is 13.5. The van der Waals surface area contributed by atoms with Gasteiger partial charge in [-0.15, -0.1) is 0 Å². The molecule has 0 aromatic carbocycles. The third kappa shape index (κ3) is 2.84. The van der Waals surface area contributed by atoms with Crippen LogP contribution in [0.15, 0.2) is 6.33 Å². The largest absolute Gasteiger partial charge is 0.466 e. The molecular formula is C15H23ClN4O2. The summed E-state index contributed by atoms with van der Waals surface area (Å²) in [6.07, 6.45) is 2.19. The lowest BCUT2D eigenvalue weighted by Crippen LogP contribution is -2.41. The second-order valence-corrected chi connectivity index (χ2v) is 6.17. The quantitative estimate of drug-likeness (QED) is 0.662. The van der Waals surface area contributed by atoms with E-state index in [1.165, 1.54) is 6.33 Å². The van der Waals surface area contributed by atoms with Gasteiger partial charge < -0.3 is 15.0 Å². The lowest BCUT2D eigenvalue weighted by Gasteiger charge is -2.31. The molecule has 0 aliphatic carbocycles. The molecule has 1 atom stereocenters. The number of ether oxygens (including phenoxy) is 1. The number of aromatic nitrogens is 2. The molecule has 0 saturated carbocycles. The standard InChI is InChI=1S/C15H23ClN4O2/c1-5-22-14(21)15(10(2)3)6-7-20(8-15)13-11(17-4)12(16)18-9-19-13/h9-10,17H,5-8H2,1-4H3. The van der Waals surface area contributed by atoms with E-state index in [1.54, 1.807) is 7.05 Å². The van der Waals surface area contributed by atoms with E-state index in [0.717, 1.165) is 18.8 Å². The van der Waals surface area contributed by atoms with E-state index < -0.39 is 5.41 Å². The van der Waals surface area contributed by atoms with Crippen molar-refractivity contribution in [3.8, 4) is 0 Å². The zero-order valence-corrected chi connectivity index (χ0v) is 14.3. The summed E-state index contributed by atoms with van der Waals surface area (Å²) in [5.41, 5.74) is 0.186. The van der Waals surface area contributed by atoms with Crippen molar-refractivity contribution in [2.75, 3.05) is 37.0 Å².